The molecule has 1 fully saturated rings. The molecule has 1 N–H and O–H groups in total. The molecule has 2 aromatic rings. The number of imidazole rings is 2. The molecule has 0 aliphatic carbocycles. The molecule has 0 bridgehead atoms. The summed E-state index contributed by atoms with van der Waals surface area (Å²) in [6.07, 6.45) is 9.96. The first-order valence-electron chi connectivity index (χ1n) is 6.51. The van der Waals surface area contributed by atoms with Crippen LogP contribution in [0, 0.1) is 0 Å². The molecule has 1 atom stereocenters. The van der Waals surface area contributed by atoms with Gasteiger partial charge in [-0.2, -0.15) is 0 Å². The Morgan fingerprint density at radius 2 is 2.44 bits per heavy atom. The molecule has 1 aliphatic heterocycles. The van der Waals surface area contributed by atoms with E-state index in [-0.39, 0.29) is 0 Å². The molecule has 3 heterocycles. The Balaban J connectivity index is 1.69. The molecule has 0 radical (unpaired) electrons. The van der Waals surface area contributed by atoms with Crippen LogP contribution in [0.15, 0.2) is 24.9 Å². The van der Waals surface area contributed by atoms with Crippen LogP contribution in [0.3, 0.4) is 0 Å². The number of hydrogen-bond donors (Lipinski definition) is 1. The van der Waals surface area contributed by atoms with Gasteiger partial charge in [0.2, 0.25) is 0 Å². The van der Waals surface area contributed by atoms with E-state index < -0.39 is 0 Å². The molecule has 3 rings (SSSR count). The van der Waals surface area contributed by atoms with Crippen molar-refractivity contribution in [3.63, 3.8) is 0 Å². The molecule has 18 heavy (non-hydrogen) atoms. The minimum absolute atomic E-state index is 0.619. The van der Waals surface area contributed by atoms with Gasteiger partial charge < -0.3 is 14.5 Å². The summed E-state index contributed by atoms with van der Waals surface area (Å²) >= 11 is 0. The van der Waals surface area contributed by atoms with Gasteiger partial charge in [-0.25, -0.2) is 9.97 Å². The summed E-state index contributed by atoms with van der Waals surface area (Å²) < 4.78 is 4.35. The van der Waals surface area contributed by atoms with Crippen LogP contribution in [0.2, 0.25) is 0 Å². The Morgan fingerprint density at radius 3 is 3.17 bits per heavy atom. The van der Waals surface area contributed by atoms with E-state index >= 15 is 0 Å². The van der Waals surface area contributed by atoms with Crippen molar-refractivity contribution in [3.05, 3.63) is 36.4 Å². The third-order valence-electron chi connectivity index (χ3n) is 3.72. The minimum Gasteiger partial charge on any atom is -0.338 e. The average Bonchev–Trinajstić information content (AvgIpc) is 3.07. The van der Waals surface area contributed by atoms with E-state index in [0.717, 1.165) is 31.9 Å². The second kappa shape index (κ2) is 4.94. The summed E-state index contributed by atoms with van der Waals surface area (Å²) in [5.41, 5.74) is 1.36. The third-order valence-corrected chi connectivity index (χ3v) is 3.72. The van der Waals surface area contributed by atoms with Crippen molar-refractivity contribution in [3.8, 4) is 0 Å². The molecule has 0 aromatic carbocycles. The lowest BCUT2D eigenvalue weighted by atomic mass is 10.1. The van der Waals surface area contributed by atoms with Gasteiger partial charge in [0.1, 0.15) is 5.82 Å². The Morgan fingerprint density at radius 1 is 1.50 bits per heavy atom. The number of nitrogens with one attached hydrogen (secondary N) is 1. The van der Waals surface area contributed by atoms with Crippen LogP contribution in [0.1, 0.15) is 23.9 Å². The SMILES string of the molecule is Cn1ccnc1CCn1cncc1C1CCNC1. The molecule has 1 aliphatic rings. The van der Waals surface area contributed by atoms with Crippen LogP contribution < -0.4 is 5.32 Å². The molecule has 1 saturated heterocycles. The molecular weight excluding hydrogens is 226 g/mol. The van der Waals surface area contributed by atoms with E-state index in [0.29, 0.717) is 5.92 Å². The summed E-state index contributed by atoms with van der Waals surface area (Å²) in [6, 6.07) is 0. The van der Waals surface area contributed by atoms with Gasteiger partial charge >= 0.3 is 0 Å². The maximum atomic E-state index is 4.36. The number of rotatable bonds is 4. The standard InChI is InChI=1S/C13H19N5/c1-17-7-5-16-13(17)3-6-18-10-15-9-12(18)11-2-4-14-8-11/h5,7,9-11,14H,2-4,6,8H2,1H3. The Hall–Kier alpha value is -1.62. The highest BCUT2D eigenvalue weighted by Gasteiger charge is 2.20. The Bertz CT molecular complexity index is 507. The summed E-state index contributed by atoms with van der Waals surface area (Å²) in [7, 11) is 2.04. The van der Waals surface area contributed by atoms with E-state index in [1.807, 2.05) is 32.0 Å². The maximum Gasteiger partial charge on any atom is 0.110 e. The number of aromatic nitrogens is 4. The van der Waals surface area contributed by atoms with Crippen molar-refractivity contribution < 1.29 is 0 Å². The molecule has 1 unspecified atom stereocenters. The predicted octanol–water partition coefficient (Wildman–Crippen LogP) is 0.936. The fourth-order valence-corrected chi connectivity index (χ4v) is 2.62. The fraction of sp³-hybridized carbons (Fsp3) is 0.538. The van der Waals surface area contributed by atoms with Gasteiger partial charge in [0.15, 0.2) is 0 Å². The van der Waals surface area contributed by atoms with Crippen molar-refractivity contribution in [2.24, 2.45) is 7.05 Å². The first-order chi connectivity index (χ1) is 8.84. The minimum atomic E-state index is 0.619. The topological polar surface area (TPSA) is 47.7 Å². The van der Waals surface area contributed by atoms with Crippen molar-refractivity contribution in [2.75, 3.05) is 13.1 Å². The summed E-state index contributed by atoms with van der Waals surface area (Å²) in [5, 5.41) is 3.41. The van der Waals surface area contributed by atoms with Crippen LogP contribution >= 0.6 is 0 Å². The van der Waals surface area contributed by atoms with Gasteiger partial charge in [-0.05, 0) is 13.0 Å². The van der Waals surface area contributed by atoms with Gasteiger partial charge in [0, 0.05) is 56.8 Å². The highest BCUT2D eigenvalue weighted by atomic mass is 15.1. The highest BCUT2D eigenvalue weighted by molar-refractivity contribution is 5.09. The largest absolute Gasteiger partial charge is 0.338 e. The third kappa shape index (κ3) is 2.18. The smallest absolute Gasteiger partial charge is 0.110 e. The monoisotopic (exact) mass is 245 g/mol. The van der Waals surface area contributed by atoms with Crippen molar-refractivity contribution >= 4 is 0 Å². The molecular formula is C13H19N5. The van der Waals surface area contributed by atoms with E-state index in [2.05, 4.69) is 24.4 Å². The molecule has 96 valence electrons. The van der Waals surface area contributed by atoms with Crippen molar-refractivity contribution in [2.45, 2.75) is 25.3 Å². The average molecular weight is 245 g/mol. The van der Waals surface area contributed by atoms with E-state index in [1.165, 1.54) is 12.1 Å². The van der Waals surface area contributed by atoms with Crippen molar-refractivity contribution in [1.82, 2.24) is 24.4 Å². The van der Waals surface area contributed by atoms with Gasteiger partial charge in [-0.1, -0.05) is 0 Å². The number of nitrogens with zero attached hydrogens (tertiary/aromatic N) is 4. The predicted molar refractivity (Wildman–Crippen MR) is 69.4 cm³/mol. The summed E-state index contributed by atoms with van der Waals surface area (Å²) in [6.45, 7) is 3.15. The van der Waals surface area contributed by atoms with E-state index in [9.17, 15) is 0 Å². The maximum absolute atomic E-state index is 4.36. The fourth-order valence-electron chi connectivity index (χ4n) is 2.62. The van der Waals surface area contributed by atoms with Crippen LogP contribution in [0.5, 0.6) is 0 Å². The van der Waals surface area contributed by atoms with Gasteiger partial charge in [0.25, 0.3) is 0 Å². The van der Waals surface area contributed by atoms with Crippen LogP contribution in [-0.4, -0.2) is 32.2 Å². The normalized spacial score (nSPS) is 19.5. The molecule has 0 saturated carbocycles. The van der Waals surface area contributed by atoms with Crippen LogP contribution in [0.4, 0.5) is 0 Å². The van der Waals surface area contributed by atoms with Crippen LogP contribution in [0.25, 0.3) is 0 Å². The summed E-state index contributed by atoms with van der Waals surface area (Å²) in [5.74, 6) is 1.74. The highest BCUT2D eigenvalue weighted by Crippen LogP contribution is 2.21. The van der Waals surface area contributed by atoms with Crippen LogP contribution in [-0.2, 0) is 20.0 Å². The lowest BCUT2D eigenvalue weighted by molar-refractivity contribution is 0.593. The molecule has 0 amide bonds. The molecule has 2 aromatic heterocycles. The van der Waals surface area contributed by atoms with Gasteiger partial charge in [-0.3, -0.25) is 0 Å². The Kier molecular flexibility index (Phi) is 3.15. The summed E-state index contributed by atoms with van der Waals surface area (Å²) in [4.78, 5) is 8.66. The first kappa shape index (κ1) is 11.5. The van der Waals surface area contributed by atoms with Crippen molar-refractivity contribution in [1.29, 1.82) is 0 Å². The molecule has 5 nitrogen and oxygen atoms in total. The van der Waals surface area contributed by atoms with Gasteiger partial charge in [0.05, 0.1) is 6.33 Å². The van der Waals surface area contributed by atoms with E-state index in [1.54, 1.807) is 0 Å². The van der Waals surface area contributed by atoms with E-state index in [4.69, 9.17) is 0 Å². The lowest BCUT2D eigenvalue weighted by Gasteiger charge is -2.12. The molecule has 0 spiro atoms. The zero-order valence-electron chi connectivity index (χ0n) is 10.7. The zero-order valence-corrected chi connectivity index (χ0v) is 10.7. The Labute approximate surface area is 107 Å². The van der Waals surface area contributed by atoms with Gasteiger partial charge in [-0.15, -0.1) is 0 Å². The second-order valence-corrected chi connectivity index (χ2v) is 4.91. The second-order valence-electron chi connectivity index (χ2n) is 4.91. The quantitative estimate of drug-likeness (QED) is 0.872. The lowest BCUT2D eigenvalue weighted by Crippen LogP contribution is -2.13. The zero-order chi connectivity index (χ0) is 12.4. The first-order valence-corrected chi connectivity index (χ1v) is 6.51. The number of hydrogen-bond acceptors (Lipinski definition) is 3. The number of aryl methyl sites for hydroxylation is 3. The molecule has 5 heteroatoms.